The summed E-state index contributed by atoms with van der Waals surface area (Å²) in [6, 6.07) is 24.2. The fourth-order valence-electron chi connectivity index (χ4n) is 2.50. The van der Waals surface area contributed by atoms with Gasteiger partial charge in [0.05, 0.1) is 11.4 Å². The van der Waals surface area contributed by atoms with Crippen molar-refractivity contribution in [3.05, 3.63) is 94.3 Å². The molecule has 4 rings (SSSR count). The van der Waals surface area contributed by atoms with E-state index < -0.39 is 0 Å². The van der Waals surface area contributed by atoms with E-state index in [1.807, 2.05) is 54.6 Å². The van der Waals surface area contributed by atoms with Crippen LogP contribution in [0.25, 0.3) is 11.5 Å². The lowest BCUT2D eigenvalue weighted by Gasteiger charge is -2.02. The Morgan fingerprint density at radius 3 is 2.24 bits per heavy atom. The largest absolute Gasteiger partial charge is 0.409 e. The van der Waals surface area contributed by atoms with Gasteiger partial charge in [-0.1, -0.05) is 41.9 Å². The molecule has 8 heteroatoms. The van der Waals surface area contributed by atoms with Gasteiger partial charge in [-0.3, -0.25) is 0 Å². The minimum atomic E-state index is 0.232. The molecular formula is C21H14ClN5OS. The average molecular weight is 420 g/mol. The number of hydrogen-bond donors (Lipinski definition) is 1. The summed E-state index contributed by atoms with van der Waals surface area (Å²) >= 11 is 10.8. The normalized spacial score (nSPS) is 11.8. The number of H-pyrrole nitrogens is 1. The SMILES string of the molecule is S=c1[nH]nc(-c2ccc(N=C(N=Nc3ccc(Cl)cc3)c3ccccc3)cc2)o1. The summed E-state index contributed by atoms with van der Waals surface area (Å²) in [5.74, 6) is 0.918. The van der Waals surface area contributed by atoms with E-state index in [1.165, 1.54) is 0 Å². The second-order valence-electron chi connectivity index (χ2n) is 5.94. The Labute approximate surface area is 176 Å². The highest BCUT2D eigenvalue weighted by atomic mass is 35.5. The highest BCUT2D eigenvalue weighted by Crippen LogP contribution is 2.23. The van der Waals surface area contributed by atoms with Crippen LogP contribution in [0.15, 0.2) is 98.5 Å². The molecule has 4 aromatic rings. The van der Waals surface area contributed by atoms with Crippen molar-refractivity contribution in [2.45, 2.75) is 0 Å². The Balaban J connectivity index is 1.66. The van der Waals surface area contributed by atoms with Gasteiger partial charge in [0.1, 0.15) is 0 Å². The smallest absolute Gasteiger partial charge is 0.284 e. The quantitative estimate of drug-likeness (QED) is 0.169. The molecule has 0 unspecified atom stereocenters. The van der Waals surface area contributed by atoms with Crippen molar-refractivity contribution in [1.29, 1.82) is 0 Å². The Morgan fingerprint density at radius 2 is 1.59 bits per heavy atom. The minimum absolute atomic E-state index is 0.232. The van der Waals surface area contributed by atoms with E-state index >= 15 is 0 Å². The lowest BCUT2D eigenvalue weighted by molar-refractivity contribution is 0.552. The second kappa shape index (κ2) is 8.72. The summed E-state index contributed by atoms with van der Waals surface area (Å²) in [6.07, 6.45) is 0. The van der Waals surface area contributed by atoms with Gasteiger partial charge in [-0.2, -0.15) is 0 Å². The molecule has 1 N–H and O–H groups in total. The number of hydrogen-bond acceptors (Lipinski definition) is 5. The minimum Gasteiger partial charge on any atom is -0.409 e. The summed E-state index contributed by atoms with van der Waals surface area (Å²) in [5.41, 5.74) is 3.05. The third-order valence-corrected chi connectivity index (χ3v) is 4.33. The van der Waals surface area contributed by atoms with Crippen molar-refractivity contribution in [1.82, 2.24) is 10.2 Å². The number of halogens is 1. The molecule has 29 heavy (non-hydrogen) atoms. The van der Waals surface area contributed by atoms with Crippen LogP contribution >= 0.6 is 23.8 Å². The summed E-state index contributed by atoms with van der Waals surface area (Å²) in [7, 11) is 0. The molecule has 0 aliphatic carbocycles. The van der Waals surface area contributed by atoms with Crippen LogP contribution in [0.5, 0.6) is 0 Å². The molecule has 0 radical (unpaired) electrons. The predicted octanol–water partition coefficient (Wildman–Crippen LogP) is 6.91. The standard InChI is InChI=1S/C21H14ClN5OS/c22-16-8-12-18(13-9-16)24-25-19(14-4-2-1-3-5-14)23-17-10-6-15(7-11-17)20-26-27-21(29)28-20/h1-13H,(H,27,29). The van der Waals surface area contributed by atoms with Gasteiger partial charge in [-0.05, 0) is 60.7 Å². The van der Waals surface area contributed by atoms with E-state index in [1.54, 1.807) is 24.3 Å². The van der Waals surface area contributed by atoms with E-state index in [-0.39, 0.29) is 4.84 Å². The Kier molecular flexibility index (Phi) is 5.69. The van der Waals surface area contributed by atoms with E-state index in [0.29, 0.717) is 22.4 Å². The molecule has 0 atom stereocenters. The molecule has 0 bridgehead atoms. The molecular weight excluding hydrogens is 406 g/mol. The number of nitrogens with zero attached hydrogens (tertiary/aromatic N) is 4. The maximum atomic E-state index is 5.92. The number of rotatable bonds is 4. The first-order chi connectivity index (χ1) is 14.2. The molecule has 1 aromatic heterocycles. The van der Waals surface area contributed by atoms with Gasteiger partial charge in [-0.25, -0.2) is 10.1 Å². The molecule has 1 heterocycles. The topological polar surface area (TPSA) is 78.9 Å². The maximum absolute atomic E-state index is 5.92. The van der Waals surface area contributed by atoms with E-state index in [4.69, 9.17) is 28.2 Å². The van der Waals surface area contributed by atoms with Crippen LogP contribution in [0.4, 0.5) is 11.4 Å². The highest BCUT2D eigenvalue weighted by Gasteiger charge is 2.06. The van der Waals surface area contributed by atoms with Gasteiger partial charge < -0.3 is 4.42 Å². The van der Waals surface area contributed by atoms with Gasteiger partial charge in [0.25, 0.3) is 4.84 Å². The third kappa shape index (κ3) is 4.90. The fraction of sp³-hybridized carbons (Fsp3) is 0. The van der Waals surface area contributed by atoms with E-state index in [2.05, 4.69) is 25.4 Å². The molecule has 0 amide bonds. The van der Waals surface area contributed by atoms with Crippen LogP contribution in [0.2, 0.25) is 5.02 Å². The molecule has 0 aliphatic rings. The van der Waals surface area contributed by atoms with Crippen LogP contribution < -0.4 is 0 Å². The number of aromatic nitrogens is 2. The van der Waals surface area contributed by atoms with Gasteiger partial charge >= 0.3 is 0 Å². The molecule has 0 aliphatic heterocycles. The predicted molar refractivity (Wildman–Crippen MR) is 116 cm³/mol. The summed E-state index contributed by atoms with van der Waals surface area (Å²) in [5, 5.41) is 15.9. The first-order valence-corrected chi connectivity index (χ1v) is 9.43. The Bertz CT molecular complexity index is 1210. The fourth-order valence-corrected chi connectivity index (χ4v) is 2.75. The highest BCUT2D eigenvalue weighted by molar-refractivity contribution is 7.71. The first-order valence-electron chi connectivity index (χ1n) is 8.65. The molecule has 0 fully saturated rings. The summed E-state index contributed by atoms with van der Waals surface area (Å²) in [4.78, 5) is 4.88. The number of aliphatic imine (C=N–C) groups is 1. The van der Waals surface area contributed by atoms with Gasteiger partial charge in [0.2, 0.25) is 5.89 Å². The lowest BCUT2D eigenvalue weighted by atomic mass is 10.2. The lowest BCUT2D eigenvalue weighted by Crippen LogP contribution is -1.95. The number of nitrogens with one attached hydrogen (secondary N) is 1. The summed E-state index contributed by atoms with van der Waals surface area (Å²) in [6.45, 7) is 0. The van der Waals surface area contributed by atoms with Crippen LogP contribution in [0.3, 0.4) is 0 Å². The number of amidine groups is 1. The monoisotopic (exact) mass is 419 g/mol. The van der Waals surface area contributed by atoms with Crippen molar-refractivity contribution >= 4 is 41.0 Å². The average Bonchev–Trinajstić information content (AvgIpc) is 3.20. The van der Waals surface area contributed by atoms with Crippen LogP contribution in [0.1, 0.15) is 5.56 Å². The molecule has 0 saturated heterocycles. The zero-order chi connectivity index (χ0) is 20.1. The van der Waals surface area contributed by atoms with Gasteiger partial charge in [-0.15, -0.1) is 15.3 Å². The van der Waals surface area contributed by atoms with Crippen molar-refractivity contribution in [2.75, 3.05) is 0 Å². The maximum Gasteiger partial charge on any atom is 0.284 e. The van der Waals surface area contributed by atoms with Crippen LogP contribution in [-0.4, -0.2) is 16.0 Å². The Morgan fingerprint density at radius 1 is 0.897 bits per heavy atom. The number of aromatic amines is 1. The first kappa shape index (κ1) is 18.9. The second-order valence-corrected chi connectivity index (χ2v) is 6.75. The van der Waals surface area contributed by atoms with Crippen molar-refractivity contribution in [3.8, 4) is 11.5 Å². The molecule has 0 saturated carbocycles. The van der Waals surface area contributed by atoms with Crippen molar-refractivity contribution in [3.63, 3.8) is 0 Å². The van der Waals surface area contributed by atoms with Crippen molar-refractivity contribution in [2.24, 2.45) is 15.2 Å². The number of azo groups is 1. The van der Waals surface area contributed by atoms with Crippen LogP contribution in [-0.2, 0) is 0 Å². The van der Waals surface area contributed by atoms with E-state index in [9.17, 15) is 0 Å². The molecule has 142 valence electrons. The van der Waals surface area contributed by atoms with Gasteiger partial charge in [0.15, 0.2) is 5.84 Å². The molecule has 3 aromatic carbocycles. The van der Waals surface area contributed by atoms with Crippen LogP contribution in [0, 0.1) is 4.84 Å². The van der Waals surface area contributed by atoms with Crippen molar-refractivity contribution < 1.29 is 4.42 Å². The zero-order valence-corrected chi connectivity index (χ0v) is 16.6. The summed E-state index contributed by atoms with van der Waals surface area (Å²) < 4.78 is 5.33. The number of benzene rings is 3. The zero-order valence-electron chi connectivity index (χ0n) is 15.0. The van der Waals surface area contributed by atoms with Gasteiger partial charge in [0, 0.05) is 16.1 Å². The third-order valence-electron chi connectivity index (χ3n) is 3.91. The molecule has 6 nitrogen and oxygen atoms in total. The van der Waals surface area contributed by atoms with E-state index in [0.717, 1.165) is 16.8 Å². The Hall–Kier alpha value is -3.42. The molecule has 0 spiro atoms.